The van der Waals surface area contributed by atoms with Crippen LogP contribution in [0.4, 0.5) is 5.82 Å². The molecule has 0 spiro atoms. The predicted octanol–water partition coefficient (Wildman–Crippen LogP) is 1.11. The average molecular weight is 365 g/mol. The molecule has 9 nitrogen and oxygen atoms in total. The summed E-state index contributed by atoms with van der Waals surface area (Å²) in [4.78, 5) is 23.8. The van der Waals surface area contributed by atoms with Gasteiger partial charge in [-0.3, -0.25) is 9.36 Å². The molecule has 2 aliphatic rings. The predicted molar refractivity (Wildman–Crippen MR) is 90.6 cm³/mol. The van der Waals surface area contributed by atoms with Crippen molar-refractivity contribution in [3.05, 3.63) is 12.7 Å². The molecule has 2 saturated heterocycles. The minimum absolute atomic E-state index is 0.0374. The van der Waals surface area contributed by atoms with Crippen LogP contribution in [0.1, 0.15) is 27.0 Å². The van der Waals surface area contributed by atoms with Gasteiger partial charge in [0.15, 0.2) is 28.6 Å². The zero-order chi connectivity index (χ0) is 17.8. The van der Waals surface area contributed by atoms with Gasteiger partial charge < -0.3 is 19.9 Å². The van der Waals surface area contributed by atoms with Crippen LogP contribution in [0.3, 0.4) is 0 Å². The second-order valence-corrected chi connectivity index (χ2v) is 7.71. The van der Waals surface area contributed by atoms with Gasteiger partial charge in [0.1, 0.15) is 24.1 Å². The first-order valence-electron chi connectivity index (χ1n) is 7.93. The third-order valence-corrected chi connectivity index (χ3v) is 5.14. The van der Waals surface area contributed by atoms with E-state index >= 15 is 0 Å². The van der Waals surface area contributed by atoms with Crippen LogP contribution in [-0.2, 0) is 19.0 Å². The summed E-state index contributed by atoms with van der Waals surface area (Å²) >= 11 is 1.21. The molecule has 1 unspecified atom stereocenters. The number of nitrogen functional groups attached to an aromatic ring is 1. The van der Waals surface area contributed by atoms with Crippen LogP contribution in [0.2, 0.25) is 0 Å². The maximum atomic E-state index is 11.3. The monoisotopic (exact) mass is 365 g/mol. The highest BCUT2D eigenvalue weighted by Gasteiger charge is 2.56. The number of imidazole rings is 1. The van der Waals surface area contributed by atoms with Crippen LogP contribution in [0, 0.1) is 0 Å². The number of carbonyl (C=O) groups is 1. The molecule has 4 atom stereocenters. The Kier molecular flexibility index (Phi) is 3.95. The van der Waals surface area contributed by atoms with E-state index in [2.05, 4.69) is 15.0 Å². The van der Waals surface area contributed by atoms with Crippen LogP contribution in [0.25, 0.3) is 11.2 Å². The lowest BCUT2D eigenvalue weighted by atomic mass is 10.1. The molecular weight excluding hydrogens is 346 g/mol. The van der Waals surface area contributed by atoms with Gasteiger partial charge in [-0.25, -0.2) is 15.0 Å². The number of aromatic nitrogens is 4. The van der Waals surface area contributed by atoms with Crippen LogP contribution in [0.15, 0.2) is 12.7 Å². The van der Waals surface area contributed by atoms with E-state index < -0.39 is 12.0 Å². The van der Waals surface area contributed by atoms with Crippen molar-refractivity contribution >= 4 is 33.9 Å². The molecule has 0 bridgehead atoms. The molecule has 0 aromatic carbocycles. The van der Waals surface area contributed by atoms with E-state index in [1.54, 1.807) is 10.9 Å². The maximum absolute atomic E-state index is 11.3. The number of nitrogens with two attached hydrogens (primary N) is 1. The van der Waals surface area contributed by atoms with Gasteiger partial charge in [-0.05, 0) is 13.8 Å². The van der Waals surface area contributed by atoms with E-state index in [1.165, 1.54) is 25.0 Å². The molecule has 0 saturated carbocycles. The summed E-state index contributed by atoms with van der Waals surface area (Å²) in [6.45, 7) is 5.26. The molecule has 2 N–H and O–H groups in total. The van der Waals surface area contributed by atoms with Crippen molar-refractivity contribution in [2.75, 3.05) is 11.5 Å². The molecule has 4 rings (SSSR count). The molecule has 0 aliphatic carbocycles. The van der Waals surface area contributed by atoms with Gasteiger partial charge in [0.25, 0.3) is 0 Å². The third-order valence-electron chi connectivity index (χ3n) is 4.24. The number of thioether (sulfide) groups is 1. The zero-order valence-electron chi connectivity index (χ0n) is 14.1. The molecule has 0 radical (unpaired) electrons. The Morgan fingerprint density at radius 3 is 2.84 bits per heavy atom. The second kappa shape index (κ2) is 5.90. The number of hydrogen-bond acceptors (Lipinski definition) is 9. The Morgan fingerprint density at radius 2 is 2.08 bits per heavy atom. The molecule has 4 heterocycles. The minimum atomic E-state index is -0.721. The van der Waals surface area contributed by atoms with Crippen LogP contribution in [0.5, 0.6) is 0 Å². The van der Waals surface area contributed by atoms with Gasteiger partial charge >= 0.3 is 0 Å². The van der Waals surface area contributed by atoms with E-state index in [9.17, 15) is 4.79 Å². The molecule has 2 aromatic heterocycles. The summed E-state index contributed by atoms with van der Waals surface area (Å²) in [6.07, 6.45) is 1.66. The van der Waals surface area contributed by atoms with Crippen molar-refractivity contribution in [1.82, 2.24) is 19.5 Å². The largest absolute Gasteiger partial charge is 0.382 e. The average Bonchev–Trinajstić information content (AvgIpc) is 3.17. The summed E-state index contributed by atoms with van der Waals surface area (Å²) < 4.78 is 20.0. The topological polar surface area (TPSA) is 114 Å². The normalized spacial score (nSPS) is 30.7. The summed E-state index contributed by atoms with van der Waals surface area (Å²) in [7, 11) is 0. The highest BCUT2D eigenvalue weighted by atomic mass is 32.2. The first-order chi connectivity index (χ1) is 11.9. The van der Waals surface area contributed by atoms with E-state index in [-0.39, 0.29) is 23.4 Å². The van der Waals surface area contributed by atoms with E-state index in [0.29, 0.717) is 22.7 Å². The third kappa shape index (κ3) is 2.88. The fourth-order valence-corrected chi connectivity index (χ4v) is 3.94. The number of carbonyl (C=O) groups excluding carboxylic acids is 1. The van der Waals surface area contributed by atoms with E-state index in [4.69, 9.17) is 19.9 Å². The fraction of sp³-hybridized carbons (Fsp3) is 0.600. The lowest BCUT2D eigenvalue weighted by Gasteiger charge is -2.24. The number of hydrogen-bond donors (Lipinski definition) is 1. The zero-order valence-corrected chi connectivity index (χ0v) is 14.9. The molecule has 0 amide bonds. The SMILES string of the molecule is CC(=O)SC[C@H]1O[C@@H](n2cnc3c(N)ncnc32)[C@H]2OC(C)(C)OC12. The molecular formula is C15H19N5O4S. The minimum Gasteiger partial charge on any atom is -0.382 e. The van der Waals surface area contributed by atoms with E-state index in [1.807, 2.05) is 13.8 Å². The maximum Gasteiger partial charge on any atom is 0.185 e. The molecule has 25 heavy (non-hydrogen) atoms. The summed E-state index contributed by atoms with van der Waals surface area (Å²) in [5.41, 5.74) is 6.95. The van der Waals surface area contributed by atoms with Gasteiger partial charge in [-0.15, -0.1) is 0 Å². The Balaban J connectivity index is 1.68. The van der Waals surface area contributed by atoms with Gasteiger partial charge in [-0.1, -0.05) is 11.8 Å². The molecule has 10 heteroatoms. The first-order valence-corrected chi connectivity index (χ1v) is 8.92. The highest BCUT2D eigenvalue weighted by molar-refractivity contribution is 8.13. The Labute approximate surface area is 148 Å². The number of anilines is 1. The second-order valence-electron chi connectivity index (χ2n) is 6.52. The number of nitrogens with zero attached hydrogens (tertiary/aromatic N) is 4. The fourth-order valence-electron chi connectivity index (χ4n) is 3.27. The Morgan fingerprint density at radius 1 is 1.32 bits per heavy atom. The summed E-state index contributed by atoms with van der Waals surface area (Å²) in [5, 5.41) is 0.0374. The standard InChI is InChI=1S/C15H19N5O4S/c1-7(21)25-4-8-10-11(24-15(2,3)23-10)14(22-8)20-6-19-9-12(16)17-5-18-13(9)20/h5-6,8,10-11,14H,4H2,1-3H3,(H2,16,17,18)/t8-,10?,11+,14-/m1/s1. The Bertz CT molecular complexity index is 825. The van der Waals surface area contributed by atoms with Crippen molar-refractivity contribution in [3.63, 3.8) is 0 Å². The van der Waals surface area contributed by atoms with Crippen LogP contribution in [-0.4, -0.2) is 54.5 Å². The van der Waals surface area contributed by atoms with Gasteiger partial charge in [-0.2, -0.15) is 0 Å². The molecule has 2 aromatic rings. The number of rotatable bonds is 3. The molecule has 2 aliphatic heterocycles. The lowest BCUT2D eigenvalue weighted by Crippen LogP contribution is -2.31. The summed E-state index contributed by atoms with van der Waals surface area (Å²) in [6, 6.07) is 0. The van der Waals surface area contributed by atoms with Gasteiger partial charge in [0.05, 0.1) is 12.4 Å². The van der Waals surface area contributed by atoms with E-state index in [0.717, 1.165) is 0 Å². The number of ether oxygens (including phenoxy) is 3. The smallest absolute Gasteiger partial charge is 0.185 e. The van der Waals surface area contributed by atoms with Crippen LogP contribution >= 0.6 is 11.8 Å². The van der Waals surface area contributed by atoms with Crippen molar-refractivity contribution in [2.24, 2.45) is 0 Å². The van der Waals surface area contributed by atoms with Crippen molar-refractivity contribution in [3.8, 4) is 0 Å². The van der Waals surface area contributed by atoms with Crippen LogP contribution < -0.4 is 5.73 Å². The highest BCUT2D eigenvalue weighted by Crippen LogP contribution is 2.44. The molecule has 2 fully saturated rings. The Hall–Kier alpha value is -1.75. The first kappa shape index (κ1) is 16.7. The van der Waals surface area contributed by atoms with Crippen molar-refractivity contribution in [2.45, 2.75) is 51.1 Å². The van der Waals surface area contributed by atoms with Crippen molar-refractivity contribution < 1.29 is 19.0 Å². The summed E-state index contributed by atoms with van der Waals surface area (Å²) in [5.74, 6) is 0.0859. The lowest BCUT2D eigenvalue weighted by molar-refractivity contribution is -0.193. The van der Waals surface area contributed by atoms with Crippen molar-refractivity contribution in [1.29, 1.82) is 0 Å². The van der Waals surface area contributed by atoms with Gasteiger partial charge in [0, 0.05) is 12.7 Å². The molecule has 134 valence electrons. The quantitative estimate of drug-likeness (QED) is 0.854. The number of fused-ring (bicyclic) bond motifs is 2. The van der Waals surface area contributed by atoms with Gasteiger partial charge in [0.2, 0.25) is 0 Å².